The normalized spacial score (nSPS) is 13.9. The third-order valence-corrected chi connectivity index (χ3v) is 5.18. The molecule has 1 aromatic carbocycles. The number of rotatable bonds is 5. The maximum absolute atomic E-state index is 12.3. The van der Waals surface area contributed by atoms with E-state index in [4.69, 9.17) is 20.8 Å². The molecule has 0 radical (unpaired) electrons. The monoisotopic (exact) mass is 398 g/mol. The fourth-order valence-corrected chi connectivity index (χ4v) is 3.66. The van der Waals surface area contributed by atoms with Gasteiger partial charge in [0.15, 0.2) is 6.10 Å². The van der Waals surface area contributed by atoms with Crippen LogP contribution in [0.2, 0.25) is 5.02 Å². The fraction of sp³-hybridized carbons (Fsp3) is 0.286. The first-order valence-corrected chi connectivity index (χ1v) is 9.52. The Hall–Kier alpha value is -2.86. The van der Waals surface area contributed by atoms with Crippen LogP contribution < -0.4 is 15.7 Å². The van der Waals surface area contributed by atoms with Crippen LogP contribution in [0.15, 0.2) is 45.9 Å². The van der Waals surface area contributed by atoms with Crippen molar-refractivity contribution >= 4 is 28.5 Å². The number of nitrogens with one attached hydrogen (secondary N) is 1. The number of hydrogen-bond acceptors (Lipinski definition) is 5. The average Bonchev–Trinajstić information content (AvgIpc) is 3.19. The lowest BCUT2D eigenvalue weighted by Gasteiger charge is -2.16. The molecule has 1 amide bonds. The number of amides is 1. The Bertz CT molecular complexity index is 1090. The van der Waals surface area contributed by atoms with E-state index >= 15 is 0 Å². The van der Waals surface area contributed by atoms with E-state index in [9.17, 15) is 9.59 Å². The van der Waals surface area contributed by atoms with Gasteiger partial charge in [-0.25, -0.2) is 4.79 Å². The molecule has 6 nitrogen and oxygen atoms in total. The van der Waals surface area contributed by atoms with Gasteiger partial charge in [-0.05, 0) is 49.4 Å². The van der Waals surface area contributed by atoms with Crippen LogP contribution in [0.5, 0.6) is 5.75 Å². The molecule has 0 spiro atoms. The maximum atomic E-state index is 12.3. The quantitative estimate of drug-likeness (QED) is 0.666. The Balaban J connectivity index is 1.52. The SMILES string of the molecule is C[C@@H](Oc1cc2oc(=O)c3c(c2cc1Cl)CCC3)C(=O)NCc1cccnc1. The minimum absolute atomic E-state index is 0.282. The van der Waals surface area contributed by atoms with Gasteiger partial charge < -0.3 is 14.5 Å². The summed E-state index contributed by atoms with van der Waals surface area (Å²) in [5.41, 5.74) is 2.74. The molecule has 3 aromatic rings. The van der Waals surface area contributed by atoms with Gasteiger partial charge in [0.25, 0.3) is 5.91 Å². The van der Waals surface area contributed by atoms with Crippen molar-refractivity contribution in [3.05, 3.63) is 68.8 Å². The summed E-state index contributed by atoms with van der Waals surface area (Å²) in [6, 6.07) is 7.02. The molecule has 0 bridgehead atoms. The molecule has 144 valence electrons. The molecule has 7 heteroatoms. The number of aryl methyl sites for hydroxylation is 1. The van der Waals surface area contributed by atoms with E-state index in [1.807, 2.05) is 6.07 Å². The molecule has 0 saturated carbocycles. The van der Waals surface area contributed by atoms with Crippen LogP contribution in [-0.2, 0) is 24.2 Å². The number of ether oxygens (including phenoxy) is 1. The van der Waals surface area contributed by atoms with Crippen molar-refractivity contribution in [2.75, 3.05) is 0 Å². The molecular weight excluding hydrogens is 380 g/mol. The van der Waals surface area contributed by atoms with Crippen LogP contribution in [-0.4, -0.2) is 17.0 Å². The third-order valence-electron chi connectivity index (χ3n) is 4.89. The number of halogens is 1. The predicted molar refractivity (Wildman–Crippen MR) is 106 cm³/mol. The Morgan fingerprint density at radius 3 is 2.96 bits per heavy atom. The van der Waals surface area contributed by atoms with Crippen molar-refractivity contribution in [3.63, 3.8) is 0 Å². The van der Waals surface area contributed by atoms with Gasteiger partial charge in [-0.15, -0.1) is 0 Å². The minimum Gasteiger partial charge on any atom is -0.479 e. The van der Waals surface area contributed by atoms with Crippen LogP contribution in [0, 0.1) is 0 Å². The second-order valence-corrected chi connectivity index (χ2v) is 7.23. The highest BCUT2D eigenvalue weighted by Gasteiger charge is 2.22. The number of benzene rings is 1. The summed E-state index contributed by atoms with van der Waals surface area (Å²) in [6.07, 6.45) is 5.09. The summed E-state index contributed by atoms with van der Waals surface area (Å²) in [5.74, 6) is 0.0229. The molecule has 1 aliphatic carbocycles. The van der Waals surface area contributed by atoms with E-state index < -0.39 is 6.10 Å². The molecule has 0 aliphatic heterocycles. The fourth-order valence-electron chi connectivity index (χ4n) is 3.45. The standard InChI is InChI=1S/C21H19ClN2O4/c1-12(20(25)24-11-13-4-3-7-23-10-13)27-19-9-18-16(8-17(19)22)14-5-2-6-15(14)21(26)28-18/h3-4,7-10,12H,2,5-6,11H2,1H3,(H,24,25)/t12-/m1/s1. The number of carbonyl (C=O) groups excluding carboxylic acids is 1. The average molecular weight is 399 g/mol. The van der Waals surface area contributed by atoms with E-state index in [2.05, 4.69) is 10.3 Å². The van der Waals surface area contributed by atoms with Gasteiger partial charge in [-0.2, -0.15) is 0 Å². The first kappa shape index (κ1) is 18.5. The molecule has 0 saturated heterocycles. The summed E-state index contributed by atoms with van der Waals surface area (Å²) in [5, 5.41) is 4.01. The summed E-state index contributed by atoms with van der Waals surface area (Å²) in [6.45, 7) is 1.99. The predicted octanol–water partition coefficient (Wildman–Crippen LogP) is 3.41. The van der Waals surface area contributed by atoms with E-state index in [1.165, 1.54) is 0 Å². The molecule has 0 fully saturated rings. The Labute approximate surface area is 166 Å². The topological polar surface area (TPSA) is 81.4 Å². The van der Waals surface area contributed by atoms with Crippen molar-refractivity contribution < 1.29 is 13.9 Å². The van der Waals surface area contributed by atoms with E-state index in [0.717, 1.165) is 41.3 Å². The molecule has 1 aliphatic rings. The van der Waals surface area contributed by atoms with Gasteiger partial charge in [0, 0.05) is 36.0 Å². The second-order valence-electron chi connectivity index (χ2n) is 6.82. The van der Waals surface area contributed by atoms with Crippen LogP contribution in [0.3, 0.4) is 0 Å². The molecule has 0 unspecified atom stereocenters. The lowest BCUT2D eigenvalue weighted by Crippen LogP contribution is -2.36. The largest absolute Gasteiger partial charge is 0.479 e. The van der Waals surface area contributed by atoms with Crippen LogP contribution in [0.25, 0.3) is 11.0 Å². The zero-order valence-corrected chi connectivity index (χ0v) is 16.1. The van der Waals surface area contributed by atoms with Gasteiger partial charge in [-0.1, -0.05) is 17.7 Å². The van der Waals surface area contributed by atoms with Crippen molar-refractivity contribution in [1.29, 1.82) is 0 Å². The molecular formula is C21H19ClN2O4. The van der Waals surface area contributed by atoms with Gasteiger partial charge in [0.1, 0.15) is 11.3 Å². The number of aromatic nitrogens is 1. The van der Waals surface area contributed by atoms with Crippen molar-refractivity contribution in [1.82, 2.24) is 10.3 Å². The highest BCUT2D eigenvalue weighted by Crippen LogP contribution is 2.35. The summed E-state index contributed by atoms with van der Waals surface area (Å²) in [7, 11) is 0. The van der Waals surface area contributed by atoms with E-state index in [1.54, 1.807) is 37.5 Å². The molecule has 28 heavy (non-hydrogen) atoms. The third kappa shape index (κ3) is 3.60. The highest BCUT2D eigenvalue weighted by atomic mass is 35.5. The van der Waals surface area contributed by atoms with Crippen molar-refractivity contribution in [2.45, 2.75) is 38.8 Å². The number of nitrogens with zero attached hydrogens (tertiary/aromatic N) is 1. The first-order valence-electron chi connectivity index (χ1n) is 9.14. The Kier molecular flexibility index (Phi) is 5.05. The van der Waals surface area contributed by atoms with Gasteiger partial charge in [-0.3, -0.25) is 9.78 Å². The Morgan fingerprint density at radius 2 is 2.18 bits per heavy atom. The van der Waals surface area contributed by atoms with E-state index in [-0.39, 0.29) is 11.5 Å². The molecule has 2 aromatic heterocycles. The highest BCUT2D eigenvalue weighted by molar-refractivity contribution is 6.32. The lowest BCUT2D eigenvalue weighted by molar-refractivity contribution is -0.127. The number of fused-ring (bicyclic) bond motifs is 3. The molecule has 1 N–H and O–H groups in total. The number of pyridine rings is 1. The van der Waals surface area contributed by atoms with Gasteiger partial charge >= 0.3 is 5.63 Å². The first-order chi connectivity index (χ1) is 13.5. The second kappa shape index (κ2) is 7.64. The molecule has 4 rings (SSSR count). The van der Waals surface area contributed by atoms with Crippen LogP contribution in [0.1, 0.15) is 30.0 Å². The zero-order chi connectivity index (χ0) is 19.7. The van der Waals surface area contributed by atoms with Crippen LogP contribution in [0.4, 0.5) is 0 Å². The summed E-state index contributed by atoms with van der Waals surface area (Å²) in [4.78, 5) is 28.5. The van der Waals surface area contributed by atoms with Gasteiger partial charge in [0.05, 0.1) is 5.02 Å². The lowest BCUT2D eigenvalue weighted by atomic mass is 10.1. The number of carbonyl (C=O) groups is 1. The zero-order valence-electron chi connectivity index (χ0n) is 15.3. The summed E-state index contributed by atoms with van der Waals surface area (Å²) >= 11 is 6.38. The number of hydrogen-bond donors (Lipinski definition) is 1. The van der Waals surface area contributed by atoms with Crippen molar-refractivity contribution in [2.24, 2.45) is 0 Å². The van der Waals surface area contributed by atoms with Gasteiger partial charge in [0.2, 0.25) is 0 Å². The molecule has 1 atom stereocenters. The Morgan fingerprint density at radius 1 is 1.36 bits per heavy atom. The van der Waals surface area contributed by atoms with Crippen LogP contribution >= 0.6 is 11.6 Å². The van der Waals surface area contributed by atoms with E-state index in [0.29, 0.717) is 22.9 Å². The smallest absolute Gasteiger partial charge is 0.339 e. The maximum Gasteiger partial charge on any atom is 0.339 e. The summed E-state index contributed by atoms with van der Waals surface area (Å²) < 4.78 is 11.2. The minimum atomic E-state index is -0.771. The molecule has 2 heterocycles. The van der Waals surface area contributed by atoms with Crippen molar-refractivity contribution in [3.8, 4) is 5.75 Å².